The summed E-state index contributed by atoms with van der Waals surface area (Å²) < 4.78 is 22.6. The number of halogens is 1. The van der Waals surface area contributed by atoms with Crippen LogP contribution in [0.3, 0.4) is 0 Å². The van der Waals surface area contributed by atoms with Crippen LogP contribution in [0.5, 0.6) is 23.0 Å². The van der Waals surface area contributed by atoms with Gasteiger partial charge in [-0.05, 0) is 42.0 Å². The fourth-order valence-corrected chi connectivity index (χ4v) is 4.60. The van der Waals surface area contributed by atoms with Crippen molar-refractivity contribution in [1.82, 2.24) is 9.97 Å². The standard InChI is InChI=1S/C29H25ClN2O4/c1-33-22-6-5-7-23(34-2)26(22)20-12-10-18-8-9-19-11-13-21(32-29(19)28(18)31-20)27-24(35-3)14-17(16-30)15-25(27)36-4/h5-15H,16H2,1-4H3. The highest BCUT2D eigenvalue weighted by Gasteiger charge is 2.18. The van der Waals surface area contributed by atoms with Gasteiger partial charge in [-0.1, -0.05) is 30.3 Å². The van der Waals surface area contributed by atoms with Crippen LogP contribution in [0.2, 0.25) is 0 Å². The van der Waals surface area contributed by atoms with Crippen molar-refractivity contribution >= 4 is 33.4 Å². The first kappa shape index (κ1) is 23.7. The molecule has 0 aliphatic heterocycles. The van der Waals surface area contributed by atoms with Crippen molar-refractivity contribution < 1.29 is 18.9 Å². The van der Waals surface area contributed by atoms with Crippen LogP contribution in [-0.4, -0.2) is 38.4 Å². The van der Waals surface area contributed by atoms with Gasteiger partial charge in [0.2, 0.25) is 0 Å². The Labute approximate surface area is 214 Å². The van der Waals surface area contributed by atoms with Crippen LogP contribution in [0.25, 0.3) is 44.3 Å². The molecule has 36 heavy (non-hydrogen) atoms. The van der Waals surface area contributed by atoms with Crippen LogP contribution < -0.4 is 18.9 Å². The molecule has 0 aliphatic carbocycles. The molecule has 0 radical (unpaired) electrons. The maximum atomic E-state index is 6.08. The van der Waals surface area contributed by atoms with E-state index in [1.807, 2.05) is 66.7 Å². The summed E-state index contributed by atoms with van der Waals surface area (Å²) in [4.78, 5) is 10.1. The van der Waals surface area contributed by atoms with Gasteiger partial charge in [-0.25, -0.2) is 9.97 Å². The molecule has 0 atom stereocenters. The van der Waals surface area contributed by atoms with Gasteiger partial charge in [-0.2, -0.15) is 0 Å². The summed E-state index contributed by atoms with van der Waals surface area (Å²) in [5.74, 6) is 3.00. The van der Waals surface area contributed by atoms with Gasteiger partial charge in [0, 0.05) is 16.7 Å². The van der Waals surface area contributed by atoms with Gasteiger partial charge in [-0.3, -0.25) is 0 Å². The van der Waals surface area contributed by atoms with Crippen LogP contribution in [0.4, 0.5) is 0 Å². The number of alkyl halides is 1. The number of fused-ring (bicyclic) bond motifs is 3. The monoisotopic (exact) mass is 500 g/mol. The highest BCUT2D eigenvalue weighted by molar-refractivity contribution is 6.17. The van der Waals surface area contributed by atoms with E-state index in [0.717, 1.165) is 44.2 Å². The molecule has 182 valence electrons. The fourth-order valence-electron chi connectivity index (χ4n) is 4.45. The number of hydrogen-bond donors (Lipinski definition) is 0. The molecule has 0 N–H and O–H groups in total. The lowest BCUT2D eigenvalue weighted by Gasteiger charge is -2.16. The highest BCUT2D eigenvalue weighted by atomic mass is 35.5. The maximum absolute atomic E-state index is 6.08. The van der Waals surface area contributed by atoms with E-state index < -0.39 is 0 Å². The zero-order valence-corrected chi connectivity index (χ0v) is 21.2. The zero-order chi connectivity index (χ0) is 25.2. The number of rotatable bonds is 7. The molecule has 0 aliphatic rings. The van der Waals surface area contributed by atoms with Crippen molar-refractivity contribution in [2.45, 2.75) is 5.88 Å². The van der Waals surface area contributed by atoms with Crippen molar-refractivity contribution in [3.8, 4) is 45.5 Å². The van der Waals surface area contributed by atoms with E-state index >= 15 is 0 Å². The Kier molecular flexibility index (Phi) is 6.53. The number of ether oxygens (including phenoxy) is 4. The van der Waals surface area contributed by atoms with Gasteiger partial charge in [-0.15, -0.1) is 11.6 Å². The highest BCUT2D eigenvalue weighted by Crippen LogP contribution is 2.41. The molecule has 0 spiro atoms. The molecule has 0 unspecified atom stereocenters. The molecular weight excluding hydrogens is 476 g/mol. The van der Waals surface area contributed by atoms with E-state index in [9.17, 15) is 0 Å². The summed E-state index contributed by atoms with van der Waals surface area (Å²) in [5.41, 5.74) is 5.44. The topological polar surface area (TPSA) is 62.7 Å². The average Bonchev–Trinajstić information content (AvgIpc) is 2.95. The molecule has 0 saturated heterocycles. The van der Waals surface area contributed by atoms with Crippen LogP contribution in [0.1, 0.15) is 5.56 Å². The minimum Gasteiger partial charge on any atom is -0.496 e. The molecule has 5 aromatic rings. The minimum absolute atomic E-state index is 0.349. The van der Waals surface area contributed by atoms with Crippen molar-refractivity contribution in [3.63, 3.8) is 0 Å². The van der Waals surface area contributed by atoms with Crippen molar-refractivity contribution in [2.75, 3.05) is 28.4 Å². The molecule has 6 nitrogen and oxygen atoms in total. The van der Waals surface area contributed by atoms with E-state index in [0.29, 0.717) is 34.6 Å². The molecular formula is C29H25ClN2O4. The van der Waals surface area contributed by atoms with Crippen molar-refractivity contribution in [1.29, 1.82) is 0 Å². The Morgan fingerprint density at radius 2 is 1.00 bits per heavy atom. The second kappa shape index (κ2) is 9.91. The molecule has 0 amide bonds. The lowest BCUT2D eigenvalue weighted by Crippen LogP contribution is -1.98. The number of methoxy groups -OCH3 is 4. The first-order chi connectivity index (χ1) is 17.6. The molecule has 0 fully saturated rings. The molecule has 0 bridgehead atoms. The van der Waals surface area contributed by atoms with Crippen molar-refractivity contribution in [3.05, 3.63) is 72.3 Å². The van der Waals surface area contributed by atoms with Gasteiger partial charge in [0.15, 0.2) is 0 Å². The summed E-state index contributed by atoms with van der Waals surface area (Å²) in [6.07, 6.45) is 0. The SMILES string of the molecule is COc1cccc(OC)c1-c1ccc2ccc3ccc(-c4c(OC)cc(CCl)cc4OC)nc3c2n1. The fraction of sp³-hybridized carbons (Fsp3) is 0.172. The predicted molar refractivity (Wildman–Crippen MR) is 144 cm³/mol. The molecule has 3 aromatic carbocycles. The van der Waals surface area contributed by atoms with Gasteiger partial charge in [0.1, 0.15) is 23.0 Å². The lowest BCUT2D eigenvalue weighted by molar-refractivity contribution is 0.396. The summed E-state index contributed by atoms with van der Waals surface area (Å²) in [7, 11) is 6.53. The summed E-state index contributed by atoms with van der Waals surface area (Å²) >= 11 is 6.08. The van der Waals surface area contributed by atoms with Gasteiger partial charge in [0.05, 0.1) is 62.0 Å². The third-order valence-electron chi connectivity index (χ3n) is 6.18. The van der Waals surface area contributed by atoms with E-state index in [-0.39, 0.29) is 0 Å². The molecule has 5 rings (SSSR count). The van der Waals surface area contributed by atoms with E-state index in [2.05, 4.69) is 0 Å². The van der Waals surface area contributed by atoms with E-state index in [4.69, 9.17) is 40.5 Å². The molecule has 2 aromatic heterocycles. The summed E-state index contributed by atoms with van der Waals surface area (Å²) in [5, 5.41) is 1.94. The Balaban J connectivity index is 1.77. The number of benzene rings is 3. The second-order valence-electron chi connectivity index (χ2n) is 8.15. The number of pyridine rings is 2. The maximum Gasteiger partial charge on any atom is 0.132 e. The average molecular weight is 501 g/mol. The summed E-state index contributed by atoms with van der Waals surface area (Å²) in [6, 6.07) is 21.6. The molecule has 2 heterocycles. The van der Waals surface area contributed by atoms with Gasteiger partial charge >= 0.3 is 0 Å². The summed E-state index contributed by atoms with van der Waals surface area (Å²) in [6.45, 7) is 0. The van der Waals surface area contributed by atoms with E-state index in [1.54, 1.807) is 28.4 Å². The Morgan fingerprint density at radius 3 is 1.42 bits per heavy atom. The van der Waals surface area contributed by atoms with Gasteiger partial charge in [0.25, 0.3) is 0 Å². The van der Waals surface area contributed by atoms with Crippen LogP contribution in [0.15, 0.2) is 66.7 Å². The lowest BCUT2D eigenvalue weighted by atomic mass is 10.0. The number of hydrogen-bond acceptors (Lipinski definition) is 6. The Bertz CT molecular complexity index is 1540. The normalized spacial score (nSPS) is 11.0. The van der Waals surface area contributed by atoms with Gasteiger partial charge < -0.3 is 18.9 Å². The third-order valence-corrected chi connectivity index (χ3v) is 6.49. The third kappa shape index (κ3) is 4.03. The first-order valence-electron chi connectivity index (χ1n) is 11.3. The second-order valence-corrected chi connectivity index (χ2v) is 8.42. The number of nitrogens with zero attached hydrogens (tertiary/aromatic N) is 2. The van der Waals surface area contributed by atoms with Crippen molar-refractivity contribution in [2.24, 2.45) is 0 Å². The molecule has 0 saturated carbocycles. The van der Waals surface area contributed by atoms with E-state index in [1.165, 1.54) is 0 Å². The Morgan fingerprint density at radius 1 is 0.583 bits per heavy atom. The quantitative estimate of drug-likeness (QED) is 0.179. The molecule has 7 heteroatoms. The predicted octanol–water partition coefficient (Wildman–Crippen LogP) is 6.89. The van der Waals surface area contributed by atoms with Crippen LogP contribution in [-0.2, 0) is 5.88 Å². The largest absolute Gasteiger partial charge is 0.496 e. The first-order valence-corrected chi connectivity index (χ1v) is 11.9. The smallest absolute Gasteiger partial charge is 0.132 e. The minimum atomic E-state index is 0.349. The number of aromatic nitrogens is 2. The van der Waals surface area contributed by atoms with Crippen LogP contribution >= 0.6 is 11.6 Å². The van der Waals surface area contributed by atoms with Crippen LogP contribution in [0, 0.1) is 0 Å². The zero-order valence-electron chi connectivity index (χ0n) is 20.5. The Hall–Kier alpha value is -4.03.